The Hall–Kier alpha value is -1.06. The van der Waals surface area contributed by atoms with Gasteiger partial charge in [-0.15, -0.1) is 0 Å². The topological polar surface area (TPSA) is 57.6 Å². The lowest BCUT2D eigenvalue weighted by Crippen LogP contribution is -2.48. The number of carbonyl (C=O) groups is 2. The third-order valence-electron chi connectivity index (χ3n) is 5.67. The highest BCUT2D eigenvalue weighted by atomic mass is 16.4. The van der Waals surface area contributed by atoms with Gasteiger partial charge in [-0.2, -0.15) is 0 Å². The summed E-state index contributed by atoms with van der Waals surface area (Å²) in [5, 5.41) is 9.39. The Morgan fingerprint density at radius 2 is 1.71 bits per heavy atom. The highest BCUT2D eigenvalue weighted by Gasteiger charge is 2.41. The molecule has 0 radical (unpaired) electrons. The third-order valence-corrected chi connectivity index (χ3v) is 5.67. The van der Waals surface area contributed by atoms with Crippen molar-refractivity contribution in [2.75, 3.05) is 13.1 Å². The van der Waals surface area contributed by atoms with Crippen LogP contribution in [0.15, 0.2) is 0 Å². The Morgan fingerprint density at radius 1 is 1.10 bits per heavy atom. The third kappa shape index (κ3) is 3.58. The number of aliphatic carboxylic acids is 1. The number of carboxylic acids is 1. The van der Waals surface area contributed by atoms with E-state index in [9.17, 15) is 14.7 Å². The van der Waals surface area contributed by atoms with E-state index in [2.05, 4.69) is 6.92 Å². The van der Waals surface area contributed by atoms with E-state index in [1.165, 1.54) is 0 Å². The monoisotopic (exact) mass is 295 g/mol. The smallest absolute Gasteiger partial charge is 0.309 e. The van der Waals surface area contributed by atoms with E-state index in [1.54, 1.807) is 13.8 Å². The van der Waals surface area contributed by atoms with Crippen LogP contribution >= 0.6 is 0 Å². The molecule has 120 valence electrons. The van der Waals surface area contributed by atoms with E-state index in [1.807, 2.05) is 4.90 Å². The number of piperidine rings is 1. The van der Waals surface area contributed by atoms with Crippen LogP contribution in [0.3, 0.4) is 0 Å². The van der Waals surface area contributed by atoms with E-state index in [4.69, 9.17) is 0 Å². The number of carboxylic acid groups (broad SMARTS) is 1. The minimum atomic E-state index is -0.756. The molecule has 0 bridgehead atoms. The second-order valence-electron chi connectivity index (χ2n) is 7.61. The summed E-state index contributed by atoms with van der Waals surface area (Å²) in [6.45, 7) is 7.25. The van der Waals surface area contributed by atoms with E-state index in [0.29, 0.717) is 6.54 Å². The van der Waals surface area contributed by atoms with Crippen molar-refractivity contribution in [1.29, 1.82) is 0 Å². The van der Waals surface area contributed by atoms with Gasteiger partial charge in [-0.3, -0.25) is 9.59 Å². The van der Waals surface area contributed by atoms with Crippen molar-refractivity contribution in [3.63, 3.8) is 0 Å². The van der Waals surface area contributed by atoms with Gasteiger partial charge in [0, 0.05) is 19.0 Å². The van der Waals surface area contributed by atoms with Gasteiger partial charge in [-0.25, -0.2) is 0 Å². The lowest BCUT2D eigenvalue weighted by molar-refractivity contribution is -0.154. The van der Waals surface area contributed by atoms with Crippen molar-refractivity contribution in [2.45, 2.75) is 59.3 Å². The van der Waals surface area contributed by atoms with Gasteiger partial charge in [-0.1, -0.05) is 6.92 Å². The van der Waals surface area contributed by atoms with Crippen LogP contribution in [-0.4, -0.2) is 35.0 Å². The SMILES string of the molecule is CC1CCC(C(=O)N2CCCC(C(C)(C)C(=O)O)C2)CC1. The van der Waals surface area contributed by atoms with Crippen molar-refractivity contribution in [1.82, 2.24) is 4.90 Å². The molecule has 1 amide bonds. The summed E-state index contributed by atoms with van der Waals surface area (Å²) in [5.41, 5.74) is -0.750. The molecule has 1 atom stereocenters. The van der Waals surface area contributed by atoms with E-state index in [-0.39, 0.29) is 17.7 Å². The summed E-state index contributed by atoms with van der Waals surface area (Å²) in [6, 6.07) is 0. The van der Waals surface area contributed by atoms with Gasteiger partial charge >= 0.3 is 5.97 Å². The maximum absolute atomic E-state index is 12.7. The Labute approximate surface area is 127 Å². The fraction of sp³-hybridized carbons (Fsp3) is 0.882. The molecule has 0 spiro atoms. The zero-order chi connectivity index (χ0) is 15.6. The molecule has 0 aromatic carbocycles. The molecule has 1 aliphatic carbocycles. The zero-order valence-corrected chi connectivity index (χ0v) is 13.6. The van der Waals surface area contributed by atoms with Gasteiger partial charge in [0.05, 0.1) is 5.41 Å². The molecule has 1 unspecified atom stereocenters. The number of hydrogen-bond acceptors (Lipinski definition) is 2. The molecule has 4 nitrogen and oxygen atoms in total. The molecule has 2 aliphatic rings. The minimum absolute atomic E-state index is 0.0650. The predicted molar refractivity (Wildman–Crippen MR) is 81.8 cm³/mol. The fourth-order valence-corrected chi connectivity index (χ4v) is 3.71. The number of amides is 1. The predicted octanol–water partition coefficient (Wildman–Crippen LogP) is 3.16. The van der Waals surface area contributed by atoms with Crippen molar-refractivity contribution < 1.29 is 14.7 Å². The normalized spacial score (nSPS) is 31.0. The van der Waals surface area contributed by atoms with Gasteiger partial charge in [0.1, 0.15) is 0 Å². The Balaban J connectivity index is 1.97. The van der Waals surface area contributed by atoms with Crippen LogP contribution < -0.4 is 0 Å². The number of nitrogens with zero attached hydrogens (tertiary/aromatic N) is 1. The van der Waals surface area contributed by atoms with Crippen molar-refractivity contribution in [3.8, 4) is 0 Å². The van der Waals surface area contributed by atoms with Crippen molar-refractivity contribution >= 4 is 11.9 Å². The van der Waals surface area contributed by atoms with E-state index in [0.717, 1.165) is 51.0 Å². The maximum Gasteiger partial charge on any atom is 0.309 e. The summed E-state index contributed by atoms with van der Waals surface area (Å²) < 4.78 is 0. The molecule has 0 aromatic heterocycles. The molecule has 1 heterocycles. The van der Waals surface area contributed by atoms with Crippen LogP contribution in [-0.2, 0) is 9.59 Å². The molecule has 1 saturated carbocycles. The molecule has 1 aliphatic heterocycles. The lowest BCUT2D eigenvalue weighted by atomic mass is 9.74. The number of likely N-dealkylation sites (tertiary alicyclic amines) is 1. The lowest BCUT2D eigenvalue weighted by Gasteiger charge is -2.41. The summed E-state index contributed by atoms with van der Waals surface area (Å²) in [7, 11) is 0. The van der Waals surface area contributed by atoms with Crippen LogP contribution in [0, 0.1) is 23.2 Å². The van der Waals surface area contributed by atoms with Gasteiger partial charge in [0.2, 0.25) is 5.91 Å². The van der Waals surface area contributed by atoms with Crippen molar-refractivity contribution in [3.05, 3.63) is 0 Å². The molecule has 1 N–H and O–H groups in total. The molecular formula is C17H29NO3. The van der Waals surface area contributed by atoms with Crippen LogP contribution in [0.1, 0.15) is 59.3 Å². The second-order valence-corrected chi connectivity index (χ2v) is 7.61. The number of carbonyl (C=O) groups excluding carboxylic acids is 1. The van der Waals surface area contributed by atoms with Gasteiger partial charge in [-0.05, 0) is 64.2 Å². The highest BCUT2D eigenvalue weighted by molar-refractivity contribution is 5.79. The van der Waals surface area contributed by atoms with Gasteiger partial charge in [0.25, 0.3) is 0 Å². The maximum atomic E-state index is 12.7. The first-order chi connectivity index (χ1) is 9.82. The van der Waals surface area contributed by atoms with E-state index >= 15 is 0 Å². The molecule has 21 heavy (non-hydrogen) atoms. The largest absolute Gasteiger partial charge is 0.481 e. The first kappa shape index (κ1) is 16.3. The van der Waals surface area contributed by atoms with Gasteiger partial charge < -0.3 is 10.0 Å². The van der Waals surface area contributed by atoms with Crippen LogP contribution in [0.2, 0.25) is 0 Å². The highest BCUT2D eigenvalue weighted by Crippen LogP contribution is 2.36. The fourth-order valence-electron chi connectivity index (χ4n) is 3.71. The summed E-state index contributed by atoms with van der Waals surface area (Å²) in [4.78, 5) is 26.1. The molecule has 2 fully saturated rings. The summed E-state index contributed by atoms with van der Waals surface area (Å²) in [5.74, 6) is 0.498. The molecule has 1 saturated heterocycles. The Bertz CT molecular complexity index is 397. The van der Waals surface area contributed by atoms with Crippen molar-refractivity contribution in [2.24, 2.45) is 23.2 Å². The number of rotatable bonds is 3. The minimum Gasteiger partial charge on any atom is -0.481 e. The van der Waals surface area contributed by atoms with Crippen LogP contribution in [0.4, 0.5) is 0 Å². The molecular weight excluding hydrogens is 266 g/mol. The standard InChI is InChI=1S/C17H29NO3/c1-12-6-8-13(9-7-12)15(19)18-10-4-5-14(11-18)17(2,3)16(20)21/h12-14H,4-11H2,1-3H3,(H,20,21). The second kappa shape index (κ2) is 6.37. The Morgan fingerprint density at radius 3 is 2.29 bits per heavy atom. The molecule has 4 heteroatoms. The average Bonchev–Trinajstić information content (AvgIpc) is 2.47. The number of hydrogen-bond donors (Lipinski definition) is 1. The summed E-state index contributed by atoms with van der Waals surface area (Å²) >= 11 is 0. The average molecular weight is 295 g/mol. The quantitative estimate of drug-likeness (QED) is 0.870. The Kier molecular flexibility index (Phi) is 4.95. The first-order valence-electron chi connectivity index (χ1n) is 8.34. The van der Waals surface area contributed by atoms with Crippen LogP contribution in [0.5, 0.6) is 0 Å². The van der Waals surface area contributed by atoms with Gasteiger partial charge in [0.15, 0.2) is 0 Å². The molecule has 2 rings (SSSR count). The van der Waals surface area contributed by atoms with E-state index < -0.39 is 11.4 Å². The van der Waals surface area contributed by atoms with Crippen LogP contribution in [0.25, 0.3) is 0 Å². The summed E-state index contributed by atoms with van der Waals surface area (Å²) in [6.07, 6.45) is 6.14. The zero-order valence-electron chi connectivity index (χ0n) is 13.6. The first-order valence-corrected chi connectivity index (χ1v) is 8.34. The molecule has 0 aromatic rings.